The number of benzene rings is 2. The summed E-state index contributed by atoms with van der Waals surface area (Å²) in [4.78, 5) is 13.3. The van der Waals surface area contributed by atoms with E-state index in [1.165, 1.54) is 4.80 Å². The molecule has 0 atom stereocenters. The summed E-state index contributed by atoms with van der Waals surface area (Å²) < 4.78 is 0.802. The molecular formula is C15H11BrClN5O. The Morgan fingerprint density at radius 3 is 2.70 bits per heavy atom. The molecule has 0 aliphatic heterocycles. The van der Waals surface area contributed by atoms with Crippen LogP contribution in [-0.4, -0.2) is 26.1 Å². The lowest BCUT2D eigenvalue weighted by molar-refractivity contribution is -0.117. The number of tetrazole rings is 1. The van der Waals surface area contributed by atoms with E-state index in [9.17, 15) is 4.79 Å². The largest absolute Gasteiger partial charge is 0.323 e. The van der Waals surface area contributed by atoms with Gasteiger partial charge in [0.1, 0.15) is 6.54 Å². The first-order valence-electron chi connectivity index (χ1n) is 6.70. The fourth-order valence-corrected chi connectivity index (χ4v) is 2.55. The molecule has 6 nitrogen and oxygen atoms in total. The highest BCUT2D eigenvalue weighted by atomic mass is 79.9. The summed E-state index contributed by atoms with van der Waals surface area (Å²) in [6.45, 7) is -0.0429. The molecule has 1 N–H and O–H groups in total. The van der Waals surface area contributed by atoms with Gasteiger partial charge in [-0.05, 0) is 45.4 Å². The van der Waals surface area contributed by atoms with Gasteiger partial charge in [0.15, 0.2) is 0 Å². The zero-order valence-corrected chi connectivity index (χ0v) is 14.1. The van der Waals surface area contributed by atoms with Crippen LogP contribution in [0, 0.1) is 0 Å². The molecular weight excluding hydrogens is 382 g/mol. The normalized spacial score (nSPS) is 10.5. The summed E-state index contributed by atoms with van der Waals surface area (Å²) in [6.07, 6.45) is 0. The number of aromatic nitrogens is 4. The summed E-state index contributed by atoms with van der Waals surface area (Å²) in [7, 11) is 0. The average molecular weight is 393 g/mol. The second-order valence-corrected chi connectivity index (χ2v) is 5.91. The van der Waals surface area contributed by atoms with Crippen molar-refractivity contribution in [2.45, 2.75) is 6.54 Å². The minimum absolute atomic E-state index is 0.0429. The van der Waals surface area contributed by atoms with Gasteiger partial charge in [0.2, 0.25) is 11.7 Å². The smallest absolute Gasteiger partial charge is 0.248 e. The van der Waals surface area contributed by atoms with Crippen molar-refractivity contribution in [3.05, 3.63) is 58.0 Å². The third-order valence-electron chi connectivity index (χ3n) is 3.00. The number of nitrogens with one attached hydrogen (secondary N) is 1. The standard InChI is InChI=1S/C15H11BrClN5O/c16-11-6-2-4-8-13(11)18-14(23)9-22-20-15(19-21-22)10-5-1-3-7-12(10)17/h1-8H,9H2,(H,18,23). The highest BCUT2D eigenvalue weighted by Crippen LogP contribution is 2.24. The van der Waals surface area contributed by atoms with Gasteiger partial charge in [-0.3, -0.25) is 4.79 Å². The number of hydrogen-bond donors (Lipinski definition) is 1. The molecule has 3 aromatic rings. The van der Waals surface area contributed by atoms with Crippen molar-refractivity contribution in [3.8, 4) is 11.4 Å². The van der Waals surface area contributed by atoms with Crippen LogP contribution < -0.4 is 5.32 Å². The van der Waals surface area contributed by atoms with Crippen molar-refractivity contribution in [2.24, 2.45) is 0 Å². The number of anilines is 1. The lowest BCUT2D eigenvalue weighted by atomic mass is 10.2. The van der Waals surface area contributed by atoms with Gasteiger partial charge < -0.3 is 5.32 Å². The molecule has 0 aliphatic rings. The van der Waals surface area contributed by atoms with Crippen LogP contribution in [0.15, 0.2) is 53.0 Å². The quantitative estimate of drug-likeness (QED) is 0.738. The second-order valence-electron chi connectivity index (χ2n) is 4.65. The number of hydrogen-bond acceptors (Lipinski definition) is 4. The highest BCUT2D eigenvalue weighted by Gasteiger charge is 2.12. The SMILES string of the molecule is O=C(Cn1nnc(-c2ccccc2Cl)n1)Nc1ccccc1Br. The van der Waals surface area contributed by atoms with Crippen LogP contribution in [-0.2, 0) is 11.3 Å². The average Bonchev–Trinajstić information content (AvgIpc) is 2.98. The molecule has 0 bridgehead atoms. The molecule has 116 valence electrons. The van der Waals surface area contributed by atoms with E-state index in [0.717, 1.165) is 4.47 Å². The number of carbonyl (C=O) groups excluding carboxylic acids is 1. The lowest BCUT2D eigenvalue weighted by Crippen LogP contribution is -2.20. The fourth-order valence-electron chi connectivity index (χ4n) is 1.94. The van der Waals surface area contributed by atoms with Crippen molar-refractivity contribution in [1.29, 1.82) is 0 Å². The number of amides is 1. The van der Waals surface area contributed by atoms with E-state index >= 15 is 0 Å². The van der Waals surface area contributed by atoms with Crippen LogP contribution in [0.3, 0.4) is 0 Å². The molecule has 0 fully saturated rings. The predicted molar refractivity (Wildman–Crippen MR) is 91.0 cm³/mol. The van der Waals surface area contributed by atoms with Crippen LogP contribution in [0.2, 0.25) is 5.02 Å². The molecule has 1 heterocycles. The van der Waals surface area contributed by atoms with Gasteiger partial charge in [-0.25, -0.2) is 0 Å². The first-order valence-corrected chi connectivity index (χ1v) is 7.87. The van der Waals surface area contributed by atoms with Gasteiger partial charge in [-0.1, -0.05) is 35.9 Å². The van der Waals surface area contributed by atoms with E-state index in [4.69, 9.17) is 11.6 Å². The Morgan fingerprint density at radius 2 is 1.91 bits per heavy atom. The Balaban J connectivity index is 1.71. The van der Waals surface area contributed by atoms with Gasteiger partial charge >= 0.3 is 0 Å². The van der Waals surface area contributed by atoms with Crippen molar-refractivity contribution < 1.29 is 4.79 Å². The number of halogens is 2. The minimum atomic E-state index is -0.250. The Bertz CT molecular complexity index is 851. The second kappa shape index (κ2) is 6.89. The van der Waals surface area contributed by atoms with Gasteiger partial charge in [-0.2, -0.15) is 4.80 Å². The van der Waals surface area contributed by atoms with E-state index in [-0.39, 0.29) is 12.5 Å². The van der Waals surface area contributed by atoms with E-state index in [2.05, 4.69) is 36.7 Å². The Morgan fingerprint density at radius 1 is 1.17 bits per heavy atom. The van der Waals surface area contributed by atoms with Crippen molar-refractivity contribution >= 4 is 39.1 Å². The zero-order chi connectivity index (χ0) is 16.2. The van der Waals surface area contributed by atoms with E-state index < -0.39 is 0 Å². The van der Waals surface area contributed by atoms with Crippen LogP contribution in [0.1, 0.15) is 0 Å². The summed E-state index contributed by atoms with van der Waals surface area (Å²) in [5.41, 5.74) is 1.36. The number of carbonyl (C=O) groups is 1. The van der Waals surface area contributed by atoms with E-state index in [1.54, 1.807) is 18.2 Å². The van der Waals surface area contributed by atoms with Gasteiger partial charge in [-0.15, -0.1) is 10.2 Å². The Hall–Kier alpha value is -2.25. The molecule has 23 heavy (non-hydrogen) atoms. The number of nitrogens with zero attached hydrogens (tertiary/aromatic N) is 4. The zero-order valence-electron chi connectivity index (χ0n) is 11.8. The molecule has 0 unspecified atom stereocenters. The maximum absolute atomic E-state index is 12.1. The first-order chi connectivity index (χ1) is 11.1. The van der Waals surface area contributed by atoms with E-state index in [1.807, 2.05) is 30.3 Å². The molecule has 3 rings (SSSR count). The monoisotopic (exact) mass is 391 g/mol. The van der Waals surface area contributed by atoms with Gasteiger partial charge in [0, 0.05) is 10.0 Å². The third-order valence-corrected chi connectivity index (χ3v) is 4.02. The Labute approximate surface area is 145 Å². The van der Waals surface area contributed by atoms with Crippen molar-refractivity contribution in [1.82, 2.24) is 20.2 Å². The maximum Gasteiger partial charge on any atom is 0.248 e. The van der Waals surface area contributed by atoms with Gasteiger partial charge in [0.25, 0.3) is 0 Å². The summed E-state index contributed by atoms with van der Waals surface area (Å²) >= 11 is 9.47. The molecule has 2 aromatic carbocycles. The lowest BCUT2D eigenvalue weighted by Gasteiger charge is -2.06. The van der Waals surface area contributed by atoms with Gasteiger partial charge in [0.05, 0.1) is 10.7 Å². The van der Waals surface area contributed by atoms with Crippen LogP contribution >= 0.6 is 27.5 Å². The van der Waals surface area contributed by atoms with E-state index in [0.29, 0.717) is 22.1 Å². The summed E-state index contributed by atoms with van der Waals surface area (Å²) in [5, 5.41) is 15.3. The van der Waals surface area contributed by atoms with Crippen LogP contribution in [0.25, 0.3) is 11.4 Å². The summed E-state index contributed by atoms with van der Waals surface area (Å²) in [5.74, 6) is 0.129. The van der Waals surface area contributed by atoms with Crippen LogP contribution in [0.4, 0.5) is 5.69 Å². The molecule has 0 saturated heterocycles. The Kier molecular flexibility index (Phi) is 4.68. The number of rotatable bonds is 4. The van der Waals surface area contributed by atoms with Crippen molar-refractivity contribution in [3.63, 3.8) is 0 Å². The molecule has 0 saturated carbocycles. The topological polar surface area (TPSA) is 72.7 Å². The summed E-state index contributed by atoms with van der Waals surface area (Å²) in [6, 6.07) is 14.5. The molecule has 0 radical (unpaired) electrons. The third kappa shape index (κ3) is 3.75. The molecule has 8 heteroatoms. The minimum Gasteiger partial charge on any atom is -0.323 e. The molecule has 0 spiro atoms. The maximum atomic E-state index is 12.1. The number of para-hydroxylation sites is 1. The fraction of sp³-hybridized carbons (Fsp3) is 0.0667. The molecule has 1 aromatic heterocycles. The predicted octanol–water partition coefficient (Wildman–Crippen LogP) is 3.39. The first kappa shape index (κ1) is 15.6. The van der Waals surface area contributed by atoms with Crippen LogP contribution in [0.5, 0.6) is 0 Å². The molecule has 1 amide bonds. The highest BCUT2D eigenvalue weighted by molar-refractivity contribution is 9.10. The van der Waals surface area contributed by atoms with Crippen molar-refractivity contribution in [2.75, 3.05) is 5.32 Å². The molecule has 0 aliphatic carbocycles.